The lowest BCUT2D eigenvalue weighted by atomic mass is 10.2. The maximum Gasteiger partial charge on any atom is 0.227 e. The largest absolute Gasteiger partial charge is 0.353 e. The molecule has 3 heterocycles. The number of aromatic nitrogens is 3. The molecular formula is C19H26N6OS. The molecule has 2 aliphatic rings. The molecule has 7 nitrogen and oxygen atoms in total. The van der Waals surface area contributed by atoms with Gasteiger partial charge in [-0.15, -0.1) is 10.2 Å². The Morgan fingerprint density at radius 3 is 2.59 bits per heavy atom. The molecule has 1 aliphatic carbocycles. The SMILES string of the molecule is O=C(Cc1nnc(N2CCN(Cc3ccncc3)CC2)s1)NC1CCCC1. The number of carbonyl (C=O) groups excluding carboxylic acids is 1. The van der Waals surface area contributed by atoms with Crippen molar-refractivity contribution in [2.45, 2.75) is 44.7 Å². The maximum atomic E-state index is 12.2. The second-order valence-electron chi connectivity index (χ2n) is 7.32. The van der Waals surface area contributed by atoms with Crippen LogP contribution in [0.1, 0.15) is 36.3 Å². The summed E-state index contributed by atoms with van der Waals surface area (Å²) in [5.74, 6) is 0.0757. The average Bonchev–Trinajstić information content (AvgIpc) is 3.35. The van der Waals surface area contributed by atoms with E-state index in [0.29, 0.717) is 12.5 Å². The lowest BCUT2D eigenvalue weighted by Crippen LogP contribution is -2.45. The van der Waals surface area contributed by atoms with Gasteiger partial charge in [0.05, 0.1) is 6.42 Å². The number of pyridine rings is 1. The first-order chi connectivity index (χ1) is 13.3. The van der Waals surface area contributed by atoms with Gasteiger partial charge in [-0.25, -0.2) is 0 Å². The summed E-state index contributed by atoms with van der Waals surface area (Å²) >= 11 is 1.55. The number of carbonyl (C=O) groups is 1. The van der Waals surface area contributed by atoms with E-state index in [-0.39, 0.29) is 5.91 Å². The van der Waals surface area contributed by atoms with Crippen molar-refractivity contribution in [3.05, 3.63) is 35.1 Å². The molecule has 0 aromatic carbocycles. The summed E-state index contributed by atoms with van der Waals surface area (Å²) in [6, 6.07) is 4.50. The smallest absolute Gasteiger partial charge is 0.227 e. The van der Waals surface area contributed by atoms with Crippen molar-refractivity contribution in [2.75, 3.05) is 31.1 Å². The Kier molecular flexibility index (Phi) is 5.94. The van der Waals surface area contributed by atoms with Crippen LogP contribution < -0.4 is 10.2 Å². The van der Waals surface area contributed by atoms with Gasteiger partial charge in [-0.1, -0.05) is 24.2 Å². The molecule has 4 rings (SSSR count). The summed E-state index contributed by atoms with van der Waals surface area (Å²) in [7, 11) is 0. The third-order valence-corrected chi connectivity index (χ3v) is 6.27. The predicted octanol–water partition coefficient (Wildman–Crippen LogP) is 1.86. The van der Waals surface area contributed by atoms with Gasteiger partial charge in [0.25, 0.3) is 0 Å². The van der Waals surface area contributed by atoms with Crippen LogP contribution in [0.2, 0.25) is 0 Å². The zero-order valence-corrected chi connectivity index (χ0v) is 16.3. The first kappa shape index (κ1) is 18.3. The van der Waals surface area contributed by atoms with Crippen LogP contribution in [0, 0.1) is 0 Å². The molecule has 1 aliphatic heterocycles. The molecule has 1 amide bonds. The van der Waals surface area contributed by atoms with Crippen LogP contribution in [0.3, 0.4) is 0 Å². The molecule has 0 bridgehead atoms. The molecule has 27 heavy (non-hydrogen) atoms. The highest BCUT2D eigenvalue weighted by Gasteiger charge is 2.22. The molecule has 1 saturated carbocycles. The normalized spacial score (nSPS) is 18.7. The first-order valence-electron chi connectivity index (χ1n) is 9.74. The fraction of sp³-hybridized carbons (Fsp3) is 0.579. The Labute approximate surface area is 163 Å². The van der Waals surface area contributed by atoms with E-state index < -0.39 is 0 Å². The van der Waals surface area contributed by atoms with Crippen LogP contribution in [-0.2, 0) is 17.8 Å². The Morgan fingerprint density at radius 2 is 1.85 bits per heavy atom. The van der Waals surface area contributed by atoms with Crippen molar-refractivity contribution in [3.8, 4) is 0 Å². The topological polar surface area (TPSA) is 74.2 Å². The number of hydrogen-bond acceptors (Lipinski definition) is 7. The van der Waals surface area contributed by atoms with E-state index >= 15 is 0 Å². The highest BCUT2D eigenvalue weighted by molar-refractivity contribution is 7.15. The van der Waals surface area contributed by atoms with Gasteiger partial charge < -0.3 is 10.2 Å². The third kappa shape index (κ3) is 5.01. The van der Waals surface area contributed by atoms with E-state index in [1.807, 2.05) is 12.4 Å². The summed E-state index contributed by atoms with van der Waals surface area (Å²) in [5, 5.41) is 13.4. The van der Waals surface area contributed by atoms with Gasteiger partial charge in [0.2, 0.25) is 11.0 Å². The molecule has 144 valence electrons. The van der Waals surface area contributed by atoms with E-state index in [2.05, 4.69) is 42.4 Å². The Hall–Kier alpha value is -2.06. The molecule has 2 aromatic rings. The highest BCUT2D eigenvalue weighted by atomic mass is 32.1. The molecule has 0 unspecified atom stereocenters. The van der Waals surface area contributed by atoms with E-state index in [9.17, 15) is 4.79 Å². The number of piperazine rings is 1. The Bertz CT molecular complexity index is 738. The van der Waals surface area contributed by atoms with Crippen LogP contribution in [0.4, 0.5) is 5.13 Å². The first-order valence-corrected chi connectivity index (χ1v) is 10.6. The fourth-order valence-electron chi connectivity index (χ4n) is 3.77. The number of rotatable bonds is 6. The van der Waals surface area contributed by atoms with Crippen LogP contribution in [0.15, 0.2) is 24.5 Å². The minimum atomic E-state index is 0.0757. The van der Waals surface area contributed by atoms with Crippen LogP contribution in [-0.4, -0.2) is 58.2 Å². The van der Waals surface area contributed by atoms with Crippen molar-refractivity contribution in [2.24, 2.45) is 0 Å². The highest BCUT2D eigenvalue weighted by Crippen LogP contribution is 2.23. The number of amides is 1. The number of nitrogens with zero attached hydrogens (tertiary/aromatic N) is 5. The zero-order valence-electron chi connectivity index (χ0n) is 15.5. The van der Waals surface area contributed by atoms with E-state index in [1.54, 1.807) is 11.3 Å². The minimum absolute atomic E-state index is 0.0757. The molecule has 8 heteroatoms. The van der Waals surface area contributed by atoms with Crippen LogP contribution in [0.5, 0.6) is 0 Å². The summed E-state index contributed by atoms with van der Waals surface area (Å²) in [6.07, 6.45) is 8.69. The molecule has 2 fully saturated rings. The quantitative estimate of drug-likeness (QED) is 0.817. The number of hydrogen-bond donors (Lipinski definition) is 1. The molecule has 2 aromatic heterocycles. The maximum absolute atomic E-state index is 12.2. The molecule has 0 spiro atoms. The zero-order chi connectivity index (χ0) is 18.5. The fourth-order valence-corrected chi connectivity index (χ4v) is 4.66. The van der Waals surface area contributed by atoms with Gasteiger partial charge in [0.15, 0.2) is 0 Å². The molecule has 1 saturated heterocycles. The molecule has 0 atom stereocenters. The van der Waals surface area contributed by atoms with Gasteiger partial charge in [-0.3, -0.25) is 14.7 Å². The second kappa shape index (κ2) is 8.75. The van der Waals surface area contributed by atoms with Gasteiger partial charge >= 0.3 is 0 Å². The summed E-state index contributed by atoms with van der Waals surface area (Å²) in [5.41, 5.74) is 1.30. The van der Waals surface area contributed by atoms with Crippen molar-refractivity contribution in [1.29, 1.82) is 0 Å². The third-order valence-electron chi connectivity index (χ3n) is 5.29. The molecule has 0 radical (unpaired) electrons. The summed E-state index contributed by atoms with van der Waals surface area (Å²) in [6.45, 7) is 4.83. The van der Waals surface area contributed by atoms with E-state index in [1.165, 1.54) is 18.4 Å². The van der Waals surface area contributed by atoms with Crippen LogP contribution in [0.25, 0.3) is 0 Å². The average molecular weight is 387 g/mol. The Balaban J connectivity index is 1.25. The van der Waals surface area contributed by atoms with E-state index in [0.717, 1.165) is 55.7 Å². The van der Waals surface area contributed by atoms with Gasteiger partial charge in [0.1, 0.15) is 5.01 Å². The van der Waals surface area contributed by atoms with Crippen molar-refractivity contribution < 1.29 is 4.79 Å². The van der Waals surface area contributed by atoms with Crippen molar-refractivity contribution >= 4 is 22.4 Å². The standard InChI is InChI=1S/C19H26N6OS/c26-17(21-16-3-1-2-4-16)13-18-22-23-19(27-18)25-11-9-24(10-12-25)14-15-5-7-20-8-6-15/h5-8,16H,1-4,9-14H2,(H,21,26). The van der Waals surface area contributed by atoms with Gasteiger partial charge in [-0.05, 0) is 30.5 Å². The monoisotopic (exact) mass is 386 g/mol. The van der Waals surface area contributed by atoms with Crippen molar-refractivity contribution in [3.63, 3.8) is 0 Å². The lowest BCUT2D eigenvalue weighted by Gasteiger charge is -2.34. The molecular weight excluding hydrogens is 360 g/mol. The van der Waals surface area contributed by atoms with E-state index in [4.69, 9.17) is 0 Å². The summed E-state index contributed by atoms with van der Waals surface area (Å²) in [4.78, 5) is 21.0. The Morgan fingerprint density at radius 1 is 1.11 bits per heavy atom. The van der Waals surface area contributed by atoms with Crippen molar-refractivity contribution in [1.82, 2.24) is 25.4 Å². The number of anilines is 1. The van der Waals surface area contributed by atoms with Crippen LogP contribution >= 0.6 is 11.3 Å². The number of nitrogens with one attached hydrogen (secondary N) is 1. The van der Waals surface area contributed by atoms with Gasteiger partial charge in [-0.2, -0.15) is 0 Å². The minimum Gasteiger partial charge on any atom is -0.353 e. The lowest BCUT2D eigenvalue weighted by molar-refractivity contribution is -0.121. The van der Waals surface area contributed by atoms with Gasteiger partial charge in [0, 0.05) is 51.2 Å². The molecule has 1 N–H and O–H groups in total. The summed E-state index contributed by atoms with van der Waals surface area (Å²) < 4.78 is 0. The predicted molar refractivity (Wildman–Crippen MR) is 106 cm³/mol. The second-order valence-corrected chi connectivity index (χ2v) is 8.36.